The highest BCUT2D eigenvalue weighted by molar-refractivity contribution is 6.66. The Morgan fingerprint density at radius 3 is 2.14 bits per heavy atom. The van der Waals surface area contributed by atoms with Crippen molar-refractivity contribution in [3.05, 3.63) is 12.2 Å². The van der Waals surface area contributed by atoms with Crippen LogP contribution in [0.25, 0.3) is 0 Å². The van der Waals surface area contributed by atoms with Gasteiger partial charge in [0.15, 0.2) is 0 Å². The molecule has 0 bridgehead atoms. The second-order valence-corrected chi connectivity index (χ2v) is 8.65. The normalized spacial score (nSPS) is 12.0. The van der Waals surface area contributed by atoms with Gasteiger partial charge in [-0.25, -0.2) is 4.79 Å². The van der Waals surface area contributed by atoms with Crippen molar-refractivity contribution < 1.29 is 18.4 Å². The lowest BCUT2D eigenvalue weighted by Crippen LogP contribution is -2.39. The van der Waals surface area contributed by atoms with E-state index in [-0.39, 0.29) is 5.97 Å². The molecule has 0 atom stereocenters. The first-order valence-electron chi connectivity index (χ1n) is 8.15. The fraction of sp³-hybridized carbons (Fsp3) is 0.812. The Bertz CT molecular complexity index is 284. The van der Waals surface area contributed by atoms with Crippen molar-refractivity contribution in [1.82, 2.24) is 0 Å². The highest BCUT2D eigenvalue weighted by Gasteiger charge is 2.30. The molecule has 0 fully saturated rings. The molecule has 0 aliphatic carbocycles. The summed E-state index contributed by atoms with van der Waals surface area (Å²) in [5.74, 6) is -0.255. The number of allylic oxidation sites excluding steroid dienone is 1. The molecule has 0 N–H and O–H groups in total. The van der Waals surface area contributed by atoms with Gasteiger partial charge in [-0.05, 0) is 38.8 Å². The lowest BCUT2D eigenvalue weighted by molar-refractivity contribution is -0.137. The molecule has 0 aliphatic heterocycles. The zero-order chi connectivity index (χ0) is 16.0. The van der Waals surface area contributed by atoms with Crippen molar-refractivity contribution in [2.24, 2.45) is 0 Å². The van der Waals surface area contributed by atoms with Crippen LogP contribution in [-0.4, -0.2) is 34.4 Å². The van der Waals surface area contributed by atoms with Crippen LogP contribution in [0.5, 0.6) is 0 Å². The van der Waals surface area contributed by atoms with E-state index in [4.69, 9.17) is 13.6 Å². The van der Waals surface area contributed by atoms with Crippen LogP contribution in [0.3, 0.4) is 0 Å². The Kier molecular flexibility index (Phi) is 12.6. The number of rotatable bonds is 13. The Hall–Kier alpha value is -0.653. The van der Waals surface area contributed by atoms with E-state index in [1.807, 2.05) is 0 Å². The predicted molar refractivity (Wildman–Crippen MR) is 88.5 cm³/mol. The third-order valence-corrected chi connectivity index (χ3v) is 5.94. The third-order valence-electron chi connectivity index (χ3n) is 3.05. The van der Waals surface area contributed by atoms with Gasteiger partial charge >= 0.3 is 14.5 Å². The third kappa shape index (κ3) is 11.7. The van der Waals surface area contributed by atoms with Crippen molar-refractivity contribution in [2.75, 3.05) is 19.8 Å². The Morgan fingerprint density at radius 1 is 1.00 bits per heavy atom. The van der Waals surface area contributed by atoms with E-state index < -0.39 is 8.56 Å². The molecule has 0 heterocycles. The van der Waals surface area contributed by atoms with E-state index in [2.05, 4.69) is 20.4 Å². The zero-order valence-corrected chi connectivity index (χ0v) is 15.2. The maximum Gasteiger partial charge on any atom is 0.334 e. The standard InChI is InChI=1S/C16H32O4Si/c1-5-11-16(17)18-14-9-8-10-15-21(4,19-12-6-2)20-13-7-3/h5,11H,6-10,12-15H2,1-4H3. The monoisotopic (exact) mass is 316 g/mol. The van der Waals surface area contributed by atoms with Crippen molar-refractivity contribution in [1.29, 1.82) is 0 Å². The molecule has 0 aromatic carbocycles. The lowest BCUT2D eigenvalue weighted by atomic mass is 10.3. The number of carbonyl (C=O) groups is 1. The summed E-state index contributed by atoms with van der Waals surface area (Å²) >= 11 is 0. The van der Waals surface area contributed by atoms with Gasteiger partial charge in [0.1, 0.15) is 0 Å². The molecule has 0 unspecified atom stereocenters. The van der Waals surface area contributed by atoms with Crippen molar-refractivity contribution in [2.45, 2.75) is 65.5 Å². The Labute approximate surface area is 131 Å². The van der Waals surface area contributed by atoms with E-state index in [9.17, 15) is 4.79 Å². The Balaban J connectivity index is 3.83. The van der Waals surface area contributed by atoms with Crippen LogP contribution >= 0.6 is 0 Å². The van der Waals surface area contributed by atoms with Crippen LogP contribution in [-0.2, 0) is 18.4 Å². The number of hydrogen-bond donors (Lipinski definition) is 0. The maximum atomic E-state index is 11.1. The van der Waals surface area contributed by atoms with Crippen LogP contribution in [0.2, 0.25) is 12.6 Å². The van der Waals surface area contributed by atoms with Gasteiger partial charge in [0.25, 0.3) is 0 Å². The molecule has 0 aliphatic rings. The highest BCUT2D eigenvalue weighted by atomic mass is 28.4. The Morgan fingerprint density at radius 2 is 1.62 bits per heavy atom. The molecule has 5 heteroatoms. The van der Waals surface area contributed by atoms with E-state index in [0.717, 1.165) is 51.4 Å². The molecule has 0 rings (SSSR count). The smallest absolute Gasteiger partial charge is 0.334 e. The van der Waals surface area contributed by atoms with Crippen molar-refractivity contribution in [3.8, 4) is 0 Å². The topological polar surface area (TPSA) is 44.8 Å². The van der Waals surface area contributed by atoms with Crippen LogP contribution in [0, 0.1) is 0 Å². The average molecular weight is 317 g/mol. The quantitative estimate of drug-likeness (QED) is 0.221. The molecule has 0 radical (unpaired) electrons. The first-order chi connectivity index (χ1) is 10.1. The zero-order valence-electron chi connectivity index (χ0n) is 14.2. The fourth-order valence-electron chi connectivity index (χ4n) is 1.90. The summed E-state index contributed by atoms with van der Waals surface area (Å²) in [5.41, 5.74) is 0. The summed E-state index contributed by atoms with van der Waals surface area (Å²) in [6, 6.07) is 1.01. The number of hydrogen-bond acceptors (Lipinski definition) is 4. The summed E-state index contributed by atoms with van der Waals surface area (Å²) in [6.45, 7) is 10.3. The summed E-state index contributed by atoms with van der Waals surface area (Å²) in [6.07, 6.45) is 8.19. The van der Waals surface area contributed by atoms with E-state index in [1.165, 1.54) is 6.08 Å². The molecule has 124 valence electrons. The molecule has 0 saturated heterocycles. The molecule has 0 saturated carbocycles. The molecule has 0 aromatic heterocycles. The summed E-state index contributed by atoms with van der Waals surface area (Å²) < 4.78 is 17.0. The van der Waals surface area contributed by atoms with E-state index >= 15 is 0 Å². The van der Waals surface area contributed by atoms with Gasteiger partial charge in [-0.1, -0.05) is 32.8 Å². The summed E-state index contributed by atoms with van der Waals surface area (Å²) in [4.78, 5) is 11.1. The minimum Gasteiger partial charge on any atom is -0.463 e. The molecule has 0 aromatic rings. The number of unbranched alkanes of at least 4 members (excludes halogenated alkanes) is 2. The van der Waals surface area contributed by atoms with E-state index in [0.29, 0.717) is 6.61 Å². The fourth-order valence-corrected chi connectivity index (χ4v) is 4.44. The van der Waals surface area contributed by atoms with Gasteiger partial charge < -0.3 is 13.6 Å². The van der Waals surface area contributed by atoms with Crippen LogP contribution in [0.4, 0.5) is 0 Å². The molecular weight excluding hydrogens is 284 g/mol. The second kappa shape index (κ2) is 13.0. The summed E-state index contributed by atoms with van der Waals surface area (Å²) in [7, 11) is -2.00. The molecule has 0 amide bonds. The lowest BCUT2D eigenvalue weighted by Gasteiger charge is -2.27. The minimum absolute atomic E-state index is 0.255. The second-order valence-electron chi connectivity index (χ2n) is 5.31. The summed E-state index contributed by atoms with van der Waals surface area (Å²) in [5, 5.41) is 0. The molecule has 0 spiro atoms. The number of esters is 1. The largest absolute Gasteiger partial charge is 0.463 e. The number of ether oxygens (including phenoxy) is 1. The van der Waals surface area contributed by atoms with E-state index in [1.54, 1.807) is 13.0 Å². The van der Waals surface area contributed by atoms with Gasteiger partial charge in [-0.3, -0.25) is 0 Å². The van der Waals surface area contributed by atoms with Crippen LogP contribution < -0.4 is 0 Å². The molecular formula is C16H32O4Si. The van der Waals surface area contributed by atoms with Gasteiger partial charge in [0, 0.05) is 19.3 Å². The minimum atomic E-state index is -2.00. The maximum absolute atomic E-state index is 11.1. The molecule has 4 nitrogen and oxygen atoms in total. The predicted octanol–water partition coefficient (Wildman–Crippen LogP) is 4.20. The van der Waals surface area contributed by atoms with Crippen molar-refractivity contribution in [3.63, 3.8) is 0 Å². The van der Waals surface area contributed by atoms with Gasteiger partial charge in [-0.2, -0.15) is 0 Å². The highest BCUT2D eigenvalue weighted by Crippen LogP contribution is 2.18. The van der Waals surface area contributed by atoms with Crippen LogP contribution in [0.15, 0.2) is 12.2 Å². The number of carbonyl (C=O) groups excluding carboxylic acids is 1. The molecule has 21 heavy (non-hydrogen) atoms. The van der Waals surface area contributed by atoms with Crippen molar-refractivity contribution >= 4 is 14.5 Å². The SMILES string of the molecule is CC=CC(=O)OCCCCC[Si](C)(OCCC)OCCC. The van der Waals surface area contributed by atoms with Gasteiger partial charge in [0.05, 0.1) is 6.61 Å². The first-order valence-corrected chi connectivity index (χ1v) is 10.7. The average Bonchev–Trinajstić information content (AvgIpc) is 2.47. The van der Waals surface area contributed by atoms with Crippen LogP contribution in [0.1, 0.15) is 52.9 Å². The van der Waals surface area contributed by atoms with Gasteiger partial charge in [0.2, 0.25) is 0 Å². The van der Waals surface area contributed by atoms with Gasteiger partial charge in [-0.15, -0.1) is 0 Å². The first kappa shape index (κ1) is 20.3.